The summed E-state index contributed by atoms with van der Waals surface area (Å²) in [5, 5.41) is 19.5. The number of aliphatic hydroxyl groups is 1. The maximum atomic E-state index is 12.3. The van der Waals surface area contributed by atoms with Gasteiger partial charge in [-0.2, -0.15) is 0 Å². The summed E-state index contributed by atoms with van der Waals surface area (Å²) >= 11 is 0. The predicted octanol–water partition coefficient (Wildman–Crippen LogP) is 1.80. The Hall–Kier alpha value is -1.79. The van der Waals surface area contributed by atoms with Crippen LogP contribution in [0.2, 0.25) is 0 Å². The van der Waals surface area contributed by atoms with E-state index in [2.05, 4.69) is 0 Å². The van der Waals surface area contributed by atoms with Crippen LogP contribution in [-0.4, -0.2) is 47.7 Å². The highest BCUT2D eigenvalue weighted by Gasteiger charge is 2.34. The summed E-state index contributed by atoms with van der Waals surface area (Å²) in [5.74, 6) is -0.0363. The number of phenols is 1. The number of hydrogen-bond donors (Lipinski definition) is 2. The zero-order chi connectivity index (χ0) is 16.6. The normalized spacial score (nSPS) is 30.5. The first-order chi connectivity index (χ1) is 11.0. The lowest BCUT2D eigenvalue weighted by atomic mass is 9.92. The molecule has 126 valence electrons. The first kappa shape index (κ1) is 16.1. The van der Waals surface area contributed by atoms with Crippen LogP contribution in [0, 0.1) is 0 Å². The van der Waals surface area contributed by atoms with E-state index in [9.17, 15) is 15.0 Å². The quantitative estimate of drug-likeness (QED) is 0.826. The van der Waals surface area contributed by atoms with Gasteiger partial charge in [0.15, 0.2) is 0 Å². The fourth-order valence-electron chi connectivity index (χ4n) is 3.36. The zero-order valence-electron chi connectivity index (χ0n) is 13.3. The van der Waals surface area contributed by atoms with Gasteiger partial charge in [0.1, 0.15) is 23.2 Å². The largest absolute Gasteiger partial charge is 0.508 e. The zero-order valence-corrected chi connectivity index (χ0v) is 13.3. The summed E-state index contributed by atoms with van der Waals surface area (Å²) in [6, 6.07) is 2.99. The molecule has 2 aliphatic heterocycles. The van der Waals surface area contributed by atoms with E-state index in [-0.39, 0.29) is 24.1 Å². The van der Waals surface area contributed by atoms with Crippen molar-refractivity contribution in [2.75, 3.05) is 7.11 Å². The summed E-state index contributed by atoms with van der Waals surface area (Å²) in [5.41, 5.74) is 1.11. The first-order valence-corrected chi connectivity index (χ1v) is 7.92. The molecule has 1 aromatic rings. The number of cyclic esters (lactones) is 1. The van der Waals surface area contributed by atoms with Gasteiger partial charge in [0, 0.05) is 18.9 Å². The van der Waals surface area contributed by atoms with Crippen LogP contribution in [0.3, 0.4) is 0 Å². The summed E-state index contributed by atoms with van der Waals surface area (Å²) < 4.78 is 16.5. The monoisotopic (exact) mass is 322 g/mol. The molecule has 1 saturated heterocycles. The van der Waals surface area contributed by atoms with Crippen LogP contribution in [0.15, 0.2) is 12.1 Å². The van der Waals surface area contributed by atoms with Gasteiger partial charge in [0.05, 0.1) is 25.4 Å². The van der Waals surface area contributed by atoms with Crippen molar-refractivity contribution in [3.63, 3.8) is 0 Å². The van der Waals surface area contributed by atoms with Crippen molar-refractivity contribution in [3.05, 3.63) is 23.3 Å². The molecule has 2 aliphatic rings. The van der Waals surface area contributed by atoms with Crippen LogP contribution in [0.5, 0.6) is 11.5 Å². The van der Waals surface area contributed by atoms with E-state index in [1.807, 2.05) is 6.92 Å². The first-order valence-electron chi connectivity index (χ1n) is 7.92. The number of rotatable bonds is 3. The molecule has 0 saturated carbocycles. The second-order valence-corrected chi connectivity index (χ2v) is 6.26. The van der Waals surface area contributed by atoms with Crippen LogP contribution < -0.4 is 4.74 Å². The third kappa shape index (κ3) is 3.28. The highest BCUT2D eigenvalue weighted by molar-refractivity contribution is 5.95. The Morgan fingerprint density at radius 2 is 2.09 bits per heavy atom. The van der Waals surface area contributed by atoms with E-state index in [1.54, 1.807) is 6.07 Å². The molecule has 0 aromatic heterocycles. The number of fused-ring (bicyclic) bond motifs is 1. The molecule has 6 heteroatoms. The fraction of sp³-hybridized carbons (Fsp3) is 0.588. The fourth-order valence-corrected chi connectivity index (χ4v) is 3.36. The van der Waals surface area contributed by atoms with Crippen molar-refractivity contribution in [2.45, 2.75) is 57.0 Å². The number of aromatic hydroxyl groups is 1. The second-order valence-electron chi connectivity index (χ2n) is 6.26. The smallest absolute Gasteiger partial charge is 0.342 e. The van der Waals surface area contributed by atoms with Gasteiger partial charge in [-0.25, -0.2) is 4.79 Å². The van der Waals surface area contributed by atoms with Gasteiger partial charge >= 0.3 is 5.97 Å². The van der Waals surface area contributed by atoms with Crippen LogP contribution in [0.25, 0.3) is 0 Å². The number of methoxy groups -OCH3 is 1. The molecular weight excluding hydrogens is 300 g/mol. The van der Waals surface area contributed by atoms with E-state index >= 15 is 0 Å². The van der Waals surface area contributed by atoms with Crippen molar-refractivity contribution in [1.82, 2.24) is 0 Å². The Kier molecular flexibility index (Phi) is 4.46. The minimum Gasteiger partial charge on any atom is -0.508 e. The number of hydrogen-bond acceptors (Lipinski definition) is 6. The minimum atomic E-state index is -0.433. The van der Waals surface area contributed by atoms with Gasteiger partial charge in [-0.05, 0) is 31.4 Å². The summed E-state index contributed by atoms with van der Waals surface area (Å²) in [6.45, 7) is 1.85. The van der Waals surface area contributed by atoms with E-state index in [1.165, 1.54) is 13.2 Å². The maximum Gasteiger partial charge on any atom is 0.342 e. The SMILES string of the molecule is COc1cc(O)cc2c1C(=O)OC(CC1CCC(O)C(C)O1)C2. The third-order valence-corrected chi connectivity index (χ3v) is 4.57. The summed E-state index contributed by atoms with van der Waals surface area (Å²) in [7, 11) is 1.46. The lowest BCUT2D eigenvalue weighted by molar-refractivity contribution is -0.120. The Morgan fingerprint density at radius 3 is 2.78 bits per heavy atom. The molecule has 3 rings (SSSR count). The molecule has 6 nitrogen and oxygen atoms in total. The van der Waals surface area contributed by atoms with Crippen molar-refractivity contribution in [3.8, 4) is 11.5 Å². The van der Waals surface area contributed by atoms with E-state index in [0.717, 1.165) is 12.0 Å². The van der Waals surface area contributed by atoms with E-state index < -0.39 is 12.1 Å². The molecule has 4 unspecified atom stereocenters. The number of esters is 1. The van der Waals surface area contributed by atoms with Crippen molar-refractivity contribution in [1.29, 1.82) is 0 Å². The molecule has 2 heterocycles. The predicted molar refractivity (Wildman–Crippen MR) is 81.8 cm³/mol. The third-order valence-electron chi connectivity index (χ3n) is 4.57. The molecule has 1 fully saturated rings. The van der Waals surface area contributed by atoms with Crippen LogP contribution in [0.4, 0.5) is 0 Å². The number of benzene rings is 1. The van der Waals surface area contributed by atoms with Gasteiger partial charge < -0.3 is 24.4 Å². The highest BCUT2D eigenvalue weighted by atomic mass is 16.6. The van der Waals surface area contributed by atoms with E-state index in [0.29, 0.717) is 30.6 Å². The lowest BCUT2D eigenvalue weighted by Gasteiger charge is -2.34. The highest BCUT2D eigenvalue weighted by Crippen LogP contribution is 2.35. The molecule has 0 radical (unpaired) electrons. The Morgan fingerprint density at radius 1 is 1.30 bits per heavy atom. The van der Waals surface area contributed by atoms with Gasteiger partial charge in [0.2, 0.25) is 0 Å². The van der Waals surface area contributed by atoms with Crippen LogP contribution >= 0.6 is 0 Å². The molecule has 0 bridgehead atoms. The summed E-state index contributed by atoms with van der Waals surface area (Å²) in [6.07, 6.45) is 1.57. The number of aliphatic hydroxyl groups excluding tert-OH is 1. The average molecular weight is 322 g/mol. The van der Waals surface area contributed by atoms with E-state index in [4.69, 9.17) is 14.2 Å². The Bertz CT molecular complexity index is 599. The molecule has 4 atom stereocenters. The summed E-state index contributed by atoms with van der Waals surface area (Å²) in [4.78, 5) is 12.3. The minimum absolute atomic E-state index is 0.0352. The second kappa shape index (κ2) is 6.37. The number of carbonyl (C=O) groups is 1. The van der Waals surface area contributed by atoms with Gasteiger partial charge in [-0.3, -0.25) is 0 Å². The lowest BCUT2D eigenvalue weighted by Crippen LogP contribution is -2.40. The number of ether oxygens (including phenoxy) is 3. The number of carbonyl (C=O) groups excluding carboxylic acids is 1. The molecule has 1 aromatic carbocycles. The van der Waals surface area contributed by atoms with Gasteiger partial charge in [0.25, 0.3) is 0 Å². The molecule has 0 aliphatic carbocycles. The maximum absolute atomic E-state index is 12.3. The van der Waals surface area contributed by atoms with Gasteiger partial charge in [-0.1, -0.05) is 0 Å². The number of phenolic OH excluding ortho intramolecular Hbond substituents is 1. The Labute approximate surface area is 135 Å². The topological polar surface area (TPSA) is 85.2 Å². The van der Waals surface area contributed by atoms with Crippen molar-refractivity contribution < 1.29 is 29.2 Å². The Balaban J connectivity index is 1.73. The van der Waals surface area contributed by atoms with Crippen LogP contribution in [0.1, 0.15) is 42.1 Å². The molecular formula is C17H22O6. The van der Waals surface area contributed by atoms with Crippen molar-refractivity contribution in [2.24, 2.45) is 0 Å². The molecule has 2 N–H and O–H groups in total. The molecule has 0 amide bonds. The van der Waals surface area contributed by atoms with Crippen molar-refractivity contribution >= 4 is 5.97 Å². The standard InChI is InChI=1S/C17H22O6/c1-9-14(19)4-3-12(22-9)8-13-6-10-5-11(18)7-15(21-2)16(10)17(20)23-13/h5,7,9,12-14,18-19H,3-4,6,8H2,1-2H3. The van der Waals surface area contributed by atoms with Gasteiger partial charge in [-0.15, -0.1) is 0 Å². The van der Waals surface area contributed by atoms with Crippen LogP contribution in [-0.2, 0) is 15.9 Å². The molecule has 23 heavy (non-hydrogen) atoms. The molecule has 0 spiro atoms. The average Bonchev–Trinajstić information content (AvgIpc) is 2.49.